The van der Waals surface area contributed by atoms with E-state index in [9.17, 15) is 13.2 Å². The Hall–Kier alpha value is -2.91. The van der Waals surface area contributed by atoms with Crippen molar-refractivity contribution in [3.8, 4) is 0 Å². The van der Waals surface area contributed by atoms with Gasteiger partial charge in [-0.25, -0.2) is 0 Å². The molecular formula is C28H28Cl2N4O3S. The molecule has 1 atom stereocenters. The van der Waals surface area contributed by atoms with Gasteiger partial charge in [0.1, 0.15) is 0 Å². The van der Waals surface area contributed by atoms with Gasteiger partial charge in [0.05, 0.1) is 26.7 Å². The van der Waals surface area contributed by atoms with E-state index in [0.717, 1.165) is 46.5 Å². The minimum Gasteiger partial charge on any atom is -0.350 e. The molecule has 4 aromatic rings. The fourth-order valence-corrected chi connectivity index (χ4v) is 6.42. The molecule has 1 saturated heterocycles. The second kappa shape index (κ2) is 11.1. The van der Waals surface area contributed by atoms with E-state index in [0.29, 0.717) is 34.1 Å². The van der Waals surface area contributed by atoms with Crippen LogP contribution in [0.4, 0.5) is 0 Å². The lowest BCUT2D eigenvalue weighted by Gasteiger charge is -2.28. The van der Waals surface area contributed by atoms with Crippen molar-refractivity contribution < 1.29 is 13.2 Å². The first-order chi connectivity index (χ1) is 18.2. The number of carbonyl (C=O) groups excluding carboxylic acids is 1. The number of rotatable bonds is 8. The van der Waals surface area contributed by atoms with Crippen LogP contribution in [0, 0.1) is 6.92 Å². The van der Waals surface area contributed by atoms with Crippen LogP contribution < -0.4 is 5.32 Å². The van der Waals surface area contributed by atoms with Crippen molar-refractivity contribution in [1.82, 2.24) is 19.4 Å². The first-order valence-electron chi connectivity index (χ1n) is 12.5. The maximum absolute atomic E-state index is 13.2. The van der Waals surface area contributed by atoms with Crippen LogP contribution >= 0.6 is 23.2 Å². The van der Waals surface area contributed by atoms with Gasteiger partial charge in [0, 0.05) is 23.5 Å². The Kier molecular flexibility index (Phi) is 7.77. The highest BCUT2D eigenvalue weighted by Gasteiger charge is 2.24. The first-order valence-corrected chi connectivity index (χ1v) is 14.7. The van der Waals surface area contributed by atoms with Gasteiger partial charge in [-0.1, -0.05) is 47.0 Å². The van der Waals surface area contributed by atoms with Crippen molar-refractivity contribution in [3.63, 3.8) is 0 Å². The number of nitrogens with one attached hydrogen (secondary N) is 1. The van der Waals surface area contributed by atoms with Gasteiger partial charge in [0.25, 0.3) is 15.9 Å². The lowest BCUT2D eigenvalue weighted by molar-refractivity contribution is 0.0937. The van der Waals surface area contributed by atoms with Crippen LogP contribution in [-0.4, -0.2) is 54.1 Å². The Morgan fingerprint density at radius 1 is 1.00 bits per heavy atom. The molecule has 0 radical (unpaired) electrons. The number of hydrogen-bond donors (Lipinski definition) is 1. The van der Waals surface area contributed by atoms with Crippen molar-refractivity contribution in [1.29, 1.82) is 0 Å². The SMILES string of the molecule is Cc1ccc(S(=O)(=O)n2ncc3cc(CC(CNC(=O)c4ccc(Cl)c(Cl)c4)N4CCCC4)ccc32)cc1. The molecule has 198 valence electrons. The van der Waals surface area contributed by atoms with Crippen LogP contribution in [0.25, 0.3) is 10.9 Å². The number of likely N-dealkylation sites (tertiary alicyclic amines) is 1. The Bertz CT molecular complexity index is 1580. The van der Waals surface area contributed by atoms with Crippen molar-refractivity contribution in [2.45, 2.75) is 37.1 Å². The lowest BCUT2D eigenvalue weighted by atomic mass is 10.0. The van der Waals surface area contributed by atoms with Crippen LogP contribution in [-0.2, 0) is 16.4 Å². The summed E-state index contributed by atoms with van der Waals surface area (Å²) >= 11 is 12.1. The number of aryl methyl sites for hydroxylation is 1. The van der Waals surface area contributed by atoms with Gasteiger partial charge >= 0.3 is 0 Å². The van der Waals surface area contributed by atoms with Crippen LogP contribution in [0.2, 0.25) is 10.0 Å². The highest BCUT2D eigenvalue weighted by molar-refractivity contribution is 7.90. The summed E-state index contributed by atoms with van der Waals surface area (Å²) < 4.78 is 27.5. The highest BCUT2D eigenvalue weighted by atomic mass is 35.5. The van der Waals surface area contributed by atoms with E-state index in [-0.39, 0.29) is 16.8 Å². The summed E-state index contributed by atoms with van der Waals surface area (Å²) in [5, 5.41) is 8.75. The van der Waals surface area contributed by atoms with Crippen LogP contribution in [0.15, 0.2) is 71.8 Å². The Morgan fingerprint density at radius 2 is 1.74 bits per heavy atom. The van der Waals surface area contributed by atoms with E-state index in [1.165, 1.54) is 0 Å². The van der Waals surface area contributed by atoms with E-state index >= 15 is 0 Å². The van der Waals surface area contributed by atoms with Crippen LogP contribution in [0.1, 0.15) is 34.3 Å². The van der Waals surface area contributed by atoms with Gasteiger partial charge in [0.2, 0.25) is 0 Å². The number of amides is 1. The molecule has 1 aliphatic rings. The van der Waals surface area contributed by atoms with E-state index in [1.807, 2.05) is 19.1 Å². The predicted octanol–water partition coefficient (Wildman–Crippen LogP) is 5.33. The third-order valence-corrected chi connectivity index (χ3v) is 9.31. The minimum atomic E-state index is -3.81. The summed E-state index contributed by atoms with van der Waals surface area (Å²) in [4.78, 5) is 15.4. The fraction of sp³-hybridized carbons (Fsp3) is 0.286. The van der Waals surface area contributed by atoms with Crippen molar-refractivity contribution in [2.75, 3.05) is 19.6 Å². The fourth-order valence-electron chi connectivity index (χ4n) is 4.85. The zero-order valence-electron chi connectivity index (χ0n) is 20.9. The second-order valence-corrected chi connectivity index (χ2v) is 12.2. The minimum absolute atomic E-state index is 0.0907. The molecular weight excluding hydrogens is 543 g/mol. The van der Waals surface area contributed by atoms with Crippen LogP contribution in [0.5, 0.6) is 0 Å². The Morgan fingerprint density at radius 3 is 2.45 bits per heavy atom. The molecule has 0 aliphatic carbocycles. The van der Waals surface area contributed by atoms with E-state index in [1.54, 1.807) is 54.7 Å². The number of halogens is 2. The average Bonchev–Trinajstić information content (AvgIpc) is 3.59. The van der Waals surface area contributed by atoms with Crippen LogP contribution in [0.3, 0.4) is 0 Å². The molecule has 2 heterocycles. The molecule has 1 fully saturated rings. The summed E-state index contributed by atoms with van der Waals surface area (Å²) in [7, 11) is -3.81. The first kappa shape index (κ1) is 26.7. The monoisotopic (exact) mass is 570 g/mol. The van der Waals surface area contributed by atoms with Crippen molar-refractivity contribution >= 4 is 50.0 Å². The predicted molar refractivity (Wildman–Crippen MR) is 151 cm³/mol. The Labute approximate surface area is 232 Å². The molecule has 0 bridgehead atoms. The second-order valence-electron chi connectivity index (χ2n) is 9.64. The van der Waals surface area contributed by atoms with Gasteiger partial charge < -0.3 is 5.32 Å². The topological polar surface area (TPSA) is 84.3 Å². The van der Waals surface area contributed by atoms with Gasteiger partial charge in [-0.05, 0) is 87.3 Å². The molecule has 10 heteroatoms. The summed E-state index contributed by atoms with van der Waals surface area (Å²) in [6.07, 6.45) is 4.54. The number of aromatic nitrogens is 2. The maximum Gasteiger partial charge on any atom is 0.283 e. The van der Waals surface area contributed by atoms with E-state index in [2.05, 4.69) is 15.3 Å². The molecule has 1 aliphatic heterocycles. The highest BCUT2D eigenvalue weighted by Crippen LogP contribution is 2.25. The summed E-state index contributed by atoms with van der Waals surface area (Å²) in [5.74, 6) is -0.203. The number of nitrogens with zero attached hydrogens (tertiary/aromatic N) is 3. The smallest absolute Gasteiger partial charge is 0.283 e. The Balaban J connectivity index is 1.35. The maximum atomic E-state index is 13.2. The number of benzene rings is 3. The molecule has 3 aromatic carbocycles. The summed E-state index contributed by atoms with van der Waals surface area (Å²) in [5.41, 5.74) is 3.02. The van der Waals surface area contributed by atoms with E-state index < -0.39 is 10.0 Å². The molecule has 7 nitrogen and oxygen atoms in total. The number of carbonyl (C=O) groups is 1. The zero-order valence-corrected chi connectivity index (χ0v) is 23.2. The quantitative estimate of drug-likeness (QED) is 0.309. The molecule has 1 aromatic heterocycles. The number of fused-ring (bicyclic) bond motifs is 1. The normalized spacial score (nSPS) is 15.1. The zero-order chi connectivity index (χ0) is 26.9. The summed E-state index contributed by atoms with van der Waals surface area (Å²) in [6.45, 7) is 4.33. The molecule has 1 unspecified atom stereocenters. The third kappa shape index (κ3) is 5.59. The largest absolute Gasteiger partial charge is 0.350 e. The standard InChI is InChI=1S/C28H28Cl2N4O3S/c1-19-4-8-24(9-5-19)38(36,37)34-27-11-6-20(14-22(27)17-32-34)15-23(33-12-2-3-13-33)18-31-28(35)21-7-10-25(29)26(30)16-21/h4-11,14,16-17,23H,2-3,12-13,15,18H2,1H3,(H,31,35). The third-order valence-electron chi connectivity index (χ3n) is 6.95. The lowest BCUT2D eigenvalue weighted by Crippen LogP contribution is -2.44. The molecule has 0 saturated carbocycles. The van der Waals surface area contributed by atoms with E-state index in [4.69, 9.17) is 23.2 Å². The van der Waals surface area contributed by atoms with Crippen molar-refractivity contribution in [3.05, 3.63) is 93.6 Å². The van der Waals surface area contributed by atoms with Gasteiger partial charge in [-0.15, -0.1) is 0 Å². The summed E-state index contributed by atoms with van der Waals surface area (Å²) in [6, 6.07) is 17.4. The molecule has 0 spiro atoms. The molecule has 38 heavy (non-hydrogen) atoms. The number of hydrogen-bond acceptors (Lipinski definition) is 5. The van der Waals surface area contributed by atoms with Gasteiger partial charge in [0.15, 0.2) is 0 Å². The van der Waals surface area contributed by atoms with Gasteiger partial charge in [-0.3, -0.25) is 9.69 Å². The molecule has 1 N–H and O–H groups in total. The average molecular weight is 572 g/mol. The molecule has 1 amide bonds. The van der Waals surface area contributed by atoms with Gasteiger partial charge in [-0.2, -0.15) is 17.6 Å². The van der Waals surface area contributed by atoms with Crippen molar-refractivity contribution in [2.24, 2.45) is 0 Å². The molecule has 5 rings (SSSR count).